The third kappa shape index (κ3) is 2.57. The van der Waals surface area contributed by atoms with E-state index in [-0.39, 0.29) is 11.8 Å². The van der Waals surface area contributed by atoms with Crippen molar-refractivity contribution in [2.75, 3.05) is 0 Å². The number of carbonyl (C=O) groups excluding carboxylic acids is 1. The first kappa shape index (κ1) is 13.5. The summed E-state index contributed by atoms with van der Waals surface area (Å²) in [4.78, 5) is 12.5. The molecule has 0 aliphatic carbocycles. The van der Waals surface area contributed by atoms with Crippen molar-refractivity contribution in [2.45, 2.75) is 19.9 Å². The Balaban J connectivity index is 2.49. The fourth-order valence-corrected chi connectivity index (χ4v) is 2.56. The van der Waals surface area contributed by atoms with Crippen LogP contribution in [0.3, 0.4) is 0 Å². The summed E-state index contributed by atoms with van der Waals surface area (Å²) >= 11 is 6.76. The molecule has 1 aromatic heterocycles. The van der Waals surface area contributed by atoms with Gasteiger partial charge in [-0.3, -0.25) is 9.48 Å². The molecule has 2 aromatic rings. The Morgan fingerprint density at radius 2 is 2.06 bits per heavy atom. The summed E-state index contributed by atoms with van der Waals surface area (Å²) in [5.41, 5.74) is 1.23. The summed E-state index contributed by atoms with van der Waals surface area (Å²) in [5.74, 6) is -0.0330. The summed E-state index contributed by atoms with van der Waals surface area (Å²) in [6, 6.07) is 7.50. The minimum absolute atomic E-state index is 0.0330. The van der Waals surface area contributed by atoms with Crippen molar-refractivity contribution < 1.29 is 4.79 Å². The Morgan fingerprint density at radius 1 is 1.33 bits per heavy atom. The lowest BCUT2D eigenvalue weighted by Gasteiger charge is -2.10. The van der Waals surface area contributed by atoms with Crippen LogP contribution >= 0.6 is 31.9 Å². The molecule has 0 aliphatic rings. The van der Waals surface area contributed by atoms with Gasteiger partial charge in [-0.25, -0.2) is 0 Å². The summed E-state index contributed by atoms with van der Waals surface area (Å²) < 4.78 is 3.34. The lowest BCUT2D eigenvalue weighted by atomic mass is 10.1. The van der Waals surface area contributed by atoms with Crippen LogP contribution in [0.4, 0.5) is 0 Å². The van der Waals surface area contributed by atoms with E-state index in [2.05, 4.69) is 37.0 Å². The monoisotopic (exact) mass is 370 g/mol. The SMILES string of the molecule is CC(C)n1ncc(Br)c1C(=O)c1cccc(Br)c1. The van der Waals surface area contributed by atoms with E-state index in [1.165, 1.54) is 0 Å². The van der Waals surface area contributed by atoms with Crippen LogP contribution in [-0.4, -0.2) is 15.6 Å². The Bertz CT molecular complexity index is 590. The van der Waals surface area contributed by atoms with Crippen LogP contribution < -0.4 is 0 Å². The van der Waals surface area contributed by atoms with E-state index in [4.69, 9.17) is 0 Å². The number of halogens is 2. The molecule has 0 spiro atoms. The highest BCUT2D eigenvalue weighted by Gasteiger charge is 2.20. The zero-order chi connectivity index (χ0) is 13.3. The normalized spacial score (nSPS) is 10.9. The molecule has 0 fully saturated rings. The maximum absolute atomic E-state index is 12.5. The van der Waals surface area contributed by atoms with Crippen LogP contribution in [0.15, 0.2) is 39.4 Å². The van der Waals surface area contributed by atoms with Crippen LogP contribution in [0.5, 0.6) is 0 Å². The third-order valence-electron chi connectivity index (χ3n) is 2.54. The lowest BCUT2D eigenvalue weighted by molar-refractivity contribution is 0.102. The molecule has 0 amide bonds. The van der Waals surface area contributed by atoms with Gasteiger partial charge in [0.1, 0.15) is 5.69 Å². The van der Waals surface area contributed by atoms with Gasteiger partial charge in [0.05, 0.1) is 10.7 Å². The third-order valence-corrected chi connectivity index (χ3v) is 3.62. The average Bonchev–Trinajstić information content (AvgIpc) is 2.70. The first-order chi connectivity index (χ1) is 8.50. The highest BCUT2D eigenvalue weighted by Crippen LogP contribution is 2.23. The number of nitrogens with zero attached hydrogens (tertiary/aromatic N) is 2. The minimum atomic E-state index is -0.0330. The van der Waals surface area contributed by atoms with E-state index in [0.29, 0.717) is 11.3 Å². The minimum Gasteiger partial charge on any atom is -0.287 e. The number of hydrogen-bond donors (Lipinski definition) is 0. The molecule has 0 radical (unpaired) electrons. The number of aromatic nitrogens is 2. The lowest BCUT2D eigenvalue weighted by Crippen LogP contribution is -2.13. The smallest absolute Gasteiger partial charge is 0.212 e. The fourth-order valence-electron chi connectivity index (χ4n) is 1.71. The van der Waals surface area contributed by atoms with Gasteiger partial charge in [-0.1, -0.05) is 28.1 Å². The van der Waals surface area contributed by atoms with Crippen LogP contribution in [0.1, 0.15) is 35.9 Å². The van der Waals surface area contributed by atoms with Gasteiger partial charge < -0.3 is 0 Å². The van der Waals surface area contributed by atoms with Gasteiger partial charge in [0.15, 0.2) is 0 Å². The molecule has 3 nitrogen and oxygen atoms in total. The first-order valence-corrected chi connectivity index (χ1v) is 7.12. The zero-order valence-electron chi connectivity index (χ0n) is 10.0. The molecule has 0 bridgehead atoms. The Morgan fingerprint density at radius 3 is 2.67 bits per heavy atom. The molecule has 0 unspecified atom stereocenters. The van der Waals surface area contributed by atoms with Crippen molar-refractivity contribution in [2.24, 2.45) is 0 Å². The highest BCUT2D eigenvalue weighted by molar-refractivity contribution is 9.10. The van der Waals surface area contributed by atoms with Gasteiger partial charge in [-0.15, -0.1) is 0 Å². The standard InChI is InChI=1S/C13H12Br2N2O/c1-8(2)17-12(11(15)7-16-17)13(18)9-4-3-5-10(14)6-9/h3-8H,1-2H3. The summed E-state index contributed by atoms with van der Waals surface area (Å²) in [5, 5.41) is 4.22. The largest absolute Gasteiger partial charge is 0.287 e. The average molecular weight is 372 g/mol. The maximum Gasteiger partial charge on any atom is 0.212 e. The molecule has 94 valence electrons. The van der Waals surface area contributed by atoms with Crippen molar-refractivity contribution in [3.63, 3.8) is 0 Å². The summed E-state index contributed by atoms with van der Waals surface area (Å²) in [7, 11) is 0. The van der Waals surface area contributed by atoms with E-state index >= 15 is 0 Å². The van der Waals surface area contributed by atoms with E-state index in [1.54, 1.807) is 16.9 Å². The molecule has 0 saturated heterocycles. The second kappa shape index (κ2) is 5.36. The molecule has 1 heterocycles. The molecular weight excluding hydrogens is 360 g/mol. The van der Waals surface area contributed by atoms with Gasteiger partial charge in [0, 0.05) is 16.1 Å². The second-order valence-electron chi connectivity index (χ2n) is 4.22. The van der Waals surface area contributed by atoms with Crippen LogP contribution in [-0.2, 0) is 0 Å². The fraction of sp³-hybridized carbons (Fsp3) is 0.231. The number of rotatable bonds is 3. The van der Waals surface area contributed by atoms with E-state index < -0.39 is 0 Å². The number of carbonyl (C=O) groups is 1. The van der Waals surface area contributed by atoms with Gasteiger partial charge in [-0.05, 0) is 41.9 Å². The molecule has 0 aliphatic heterocycles. The van der Waals surface area contributed by atoms with Crippen LogP contribution in [0.25, 0.3) is 0 Å². The highest BCUT2D eigenvalue weighted by atomic mass is 79.9. The molecule has 18 heavy (non-hydrogen) atoms. The van der Waals surface area contributed by atoms with E-state index in [0.717, 1.165) is 8.95 Å². The van der Waals surface area contributed by atoms with Gasteiger partial charge in [-0.2, -0.15) is 5.10 Å². The maximum atomic E-state index is 12.5. The molecule has 5 heteroatoms. The zero-order valence-corrected chi connectivity index (χ0v) is 13.2. The molecule has 0 atom stereocenters. The van der Waals surface area contributed by atoms with E-state index in [9.17, 15) is 4.79 Å². The van der Waals surface area contributed by atoms with Crippen molar-refractivity contribution in [3.05, 3.63) is 50.7 Å². The van der Waals surface area contributed by atoms with Gasteiger partial charge in [0.25, 0.3) is 0 Å². The van der Waals surface area contributed by atoms with Gasteiger partial charge >= 0.3 is 0 Å². The molecule has 1 aromatic carbocycles. The number of hydrogen-bond acceptors (Lipinski definition) is 2. The van der Waals surface area contributed by atoms with Crippen molar-refractivity contribution in [1.82, 2.24) is 9.78 Å². The molecule has 2 rings (SSSR count). The molecular formula is C13H12Br2N2O. The summed E-state index contributed by atoms with van der Waals surface area (Å²) in [6.45, 7) is 3.99. The predicted octanol–water partition coefficient (Wildman–Crippen LogP) is 4.22. The Kier molecular flexibility index (Phi) is 4.02. The molecule has 0 saturated carbocycles. The number of ketones is 1. The first-order valence-electron chi connectivity index (χ1n) is 5.54. The van der Waals surface area contributed by atoms with Crippen molar-refractivity contribution in [3.8, 4) is 0 Å². The summed E-state index contributed by atoms with van der Waals surface area (Å²) in [6.07, 6.45) is 1.66. The predicted molar refractivity (Wildman–Crippen MR) is 77.9 cm³/mol. The van der Waals surface area contributed by atoms with Crippen molar-refractivity contribution in [1.29, 1.82) is 0 Å². The number of benzene rings is 1. The second-order valence-corrected chi connectivity index (χ2v) is 5.99. The Labute approximate surface area is 122 Å². The van der Waals surface area contributed by atoms with E-state index in [1.807, 2.05) is 32.0 Å². The van der Waals surface area contributed by atoms with Crippen LogP contribution in [0, 0.1) is 0 Å². The Hall–Kier alpha value is -0.940. The topological polar surface area (TPSA) is 34.9 Å². The van der Waals surface area contributed by atoms with Crippen LogP contribution in [0.2, 0.25) is 0 Å². The van der Waals surface area contributed by atoms with Gasteiger partial charge in [0.2, 0.25) is 5.78 Å². The quantitative estimate of drug-likeness (QED) is 0.757. The molecule has 0 N–H and O–H groups in total. The van der Waals surface area contributed by atoms with Crippen molar-refractivity contribution >= 4 is 37.6 Å².